The Labute approximate surface area is 91.8 Å². The van der Waals surface area contributed by atoms with Crippen LogP contribution in [0, 0.1) is 0 Å². The zero-order valence-corrected chi connectivity index (χ0v) is 10.1. The lowest BCUT2D eigenvalue weighted by Crippen LogP contribution is -2.37. The van der Waals surface area contributed by atoms with Gasteiger partial charge in [0.25, 0.3) is 0 Å². The molecule has 88 valence electrons. The monoisotopic (exact) mass is 214 g/mol. The molecular formula is C11H22N2O2. The van der Waals surface area contributed by atoms with Gasteiger partial charge in [-0.25, -0.2) is 0 Å². The van der Waals surface area contributed by atoms with Crippen LogP contribution in [0.3, 0.4) is 0 Å². The number of hydrogen-bond acceptors (Lipinski definition) is 4. The zero-order chi connectivity index (χ0) is 11.8. The second-order valence-electron chi connectivity index (χ2n) is 3.72. The summed E-state index contributed by atoms with van der Waals surface area (Å²) < 4.78 is 0. The summed E-state index contributed by atoms with van der Waals surface area (Å²) in [5.41, 5.74) is 0. The van der Waals surface area contributed by atoms with Crippen molar-refractivity contribution in [2.75, 3.05) is 13.6 Å². The van der Waals surface area contributed by atoms with Crippen molar-refractivity contribution < 1.29 is 9.59 Å². The first kappa shape index (κ1) is 14.3. The van der Waals surface area contributed by atoms with Crippen LogP contribution in [0.15, 0.2) is 0 Å². The number of carbonyl (C=O) groups excluding carboxylic acids is 2. The second-order valence-corrected chi connectivity index (χ2v) is 3.72. The molecule has 0 aliphatic heterocycles. The van der Waals surface area contributed by atoms with Gasteiger partial charge in [-0.05, 0) is 20.9 Å². The number of rotatable bonds is 8. The van der Waals surface area contributed by atoms with Gasteiger partial charge in [0.1, 0.15) is 5.78 Å². The normalized spacial score (nSPS) is 14.7. The van der Waals surface area contributed by atoms with E-state index in [9.17, 15) is 9.59 Å². The van der Waals surface area contributed by atoms with Crippen LogP contribution in [0.2, 0.25) is 0 Å². The number of carbonyl (C=O) groups is 2. The summed E-state index contributed by atoms with van der Waals surface area (Å²) in [6.45, 7) is 6.08. The number of ketones is 2. The van der Waals surface area contributed by atoms with Crippen LogP contribution in [0.4, 0.5) is 0 Å². The van der Waals surface area contributed by atoms with Gasteiger partial charge in [-0.2, -0.15) is 0 Å². The Kier molecular flexibility index (Phi) is 7.17. The highest BCUT2D eigenvalue weighted by Gasteiger charge is 2.12. The van der Waals surface area contributed by atoms with Crippen LogP contribution in [0.5, 0.6) is 0 Å². The third kappa shape index (κ3) is 5.64. The first-order chi connectivity index (χ1) is 7.02. The van der Waals surface area contributed by atoms with E-state index < -0.39 is 0 Å². The average molecular weight is 214 g/mol. The van der Waals surface area contributed by atoms with Crippen LogP contribution in [-0.2, 0) is 9.59 Å². The van der Waals surface area contributed by atoms with Crippen LogP contribution in [-0.4, -0.2) is 37.2 Å². The average Bonchev–Trinajstić information content (AvgIpc) is 2.26. The first-order valence-electron chi connectivity index (χ1n) is 5.49. The summed E-state index contributed by atoms with van der Waals surface area (Å²) in [6, 6.07) is -0.253. The molecule has 0 aliphatic rings. The van der Waals surface area contributed by atoms with Crippen molar-refractivity contribution in [1.29, 1.82) is 0 Å². The van der Waals surface area contributed by atoms with E-state index in [-0.39, 0.29) is 23.7 Å². The van der Waals surface area contributed by atoms with Crippen LogP contribution >= 0.6 is 0 Å². The Hall–Kier alpha value is -0.740. The maximum Gasteiger partial charge on any atom is 0.150 e. The second kappa shape index (κ2) is 7.54. The molecule has 0 saturated carbocycles. The lowest BCUT2D eigenvalue weighted by Gasteiger charge is -2.13. The largest absolute Gasteiger partial charge is 0.311 e. The molecule has 15 heavy (non-hydrogen) atoms. The molecule has 0 aromatic rings. The molecule has 0 bridgehead atoms. The van der Waals surface area contributed by atoms with Crippen molar-refractivity contribution in [2.24, 2.45) is 0 Å². The van der Waals surface area contributed by atoms with E-state index in [0.29, 0.717) is 19.4 Å². The number of hydrogen-bond donors (Lipinski definition) is 2. The van der Waals surface area contributed by atoms with Gasteiger partial charge in [0.05, 0.1) is 12.1 Å². The van der Waals surface area contributed by atoms with Gasteiger partial charge in [0.15, 0.2) is 5.78 Å². The SMILES string of the molecule is CCC(=O)C(C)NCCC(=O)C(C)NC. The van der Waals surface area contributed by atoms with Gasteiger partial charge in [-0.15, -0.1) is 0 Å². The van der Waals surface area contributed by atoms with Gasteiger partial charge in [0, 0.05) is 19.4 Å². The fourth-order valence-corrected chi connectivity index (χ4v) is 1.21. The zero-order valence-electron chi connectivity index (χ0n) is 10.1. The summed E-state index contributed by atoms with van der Waals surface area (Å²) in [7, 11) is 1.76. The number of Topliss-reactive ketones (excluding diaryl/α,β-unsaturated/α-hetero) is 2. The summed E-state index contributed by atoms with van der Waals surface area (Å²) in [6.07, 6.45) is 0.998. The quantitative estimate of drug-likeness (QED) is 0.618. The topological polar surface area (TPSA) is 58.2 Å². The standard InChI is InChI=1S/C11H22N2O2/c1-5-10(14)9(3)13-7-6-11(15)8(2)12-4/h8-9,12-13H,5-7H2,1-4H3. The van der Waals surface area contributed by atoms with Crippen molar-refractivity contribution in [3.8, 4) is 0 Å². The van der Waals surface area contributed by atoms with Crippen molar-refractivity contribution in [3.63, 3.8) is 0 Å². The fourth-order valence-electron chi connectivity index (χ4n) is 1.21. The molecule has 0 radical (unpaired) electrons. The molecule has 0 amide bonds. The third-order valence-corrected chi connectivity index (χ3v) is 2.57. The molecule has 2 unspecified atom stereocenters. The van der Waals surface area contributed by atoms with E-state index in [1.165, 1.54) is 0 Å². The Balaban J connectivity index is 3.70. The van der Waals surface area contributed by atoms with Crippen LogP contribution in [0.1, 0.15) is 33.6 Å². The Morgan fingerprint density at radius 3 is 2.20 bits per heavy atom. The van der Waals surface area contributed by atoms with Crippen molar-refractivity contribution in [1.82, 2.24) is 10.6 Å². The van der Waals surface area contributed by atoms with E-state index in [0.717, 1.165) is 0 Å². The molecule has 0 aromatic heterocycles. The molecule has 0 saturated heterocycles. The summed E-state index contributed by atoms with van der Waals surface area (Å²) in [5.74, 6) is 0.352. The molecule has 0 rings (SSSR count). The first-order valence-corrected chi connectivity index (χ1v) is 5.49. The lowest BCUT2D eigenvalue weighted by molar-refractivity contribution is -0.122. The van der Waals surface area contributed by atoms with Crippen molar-refractivity contribution in [3.05, 3.63) is 0 Å². The van der Waals surface area contributed by atoms with E-state index in [1.54, 1.807) is 7.05 Å². The Morgan fingerprint density at radius 2 is 1.73 bits per heavy atom. The van der Waals surface area contributed by atoms with Crippen LogP contribution < -0.4 is 10.6 Å². The number of likely N-dealkylation sites (N-methyl/N-ethyl adjacent to an activating group) is 1. The van der Waals surface area contributed by atoms with Crippen molar-refractivity contribution >= 4 is 11.6 Å². The predicted octanol–water partition coefficient (Wildman–Crippen LogP) is 0.511. The summed E-state index contributed by atoms with van der Waals surface area (Å²) >= 11 is 0. The Bertz CT molecular complexity index is 217. The smallest absolute Gasteiger partial charge is 0.150 e. The molecule has 0 aliphatic carbocycles. The minimum atomic E-state index is -0.146. The molecule has 2 atom stereocenters. The molecule has 0 spiro atoms. The molecular weight excluding hydrogens is 192 g/mol. The number of nitrogens with one attached hydrogen (secondary N) is 2. The molecule has 0 heterocycles. The highest BCUT2D eigenvalue weighted by atomic mass is 16.1. The van der Waals surface area contributed by atoms with Gasteiger partial charge >= 0.3 is 0 Å². The van der Waals surface area contributed by atoms with Gasteiger partial charge in [-0.1, -0.05) is 6.92 Å². The third-order valence-electron chi connectivity index (χ3n) is 2.57. The van der Waals surface area contributed by atoms with E-state index in [2.05, 4.69) is 10.6 Å². The predicted molar refractivity (Wildman–Crippen MR) is 60.9 cm³/mol. The maximum atomic E-state index is 11.4. The van der Waals surface area contributed by atoms with Gasteiger partial charge < -0.3 is 10.6 Å². The highest BCUT2D eigenvalue weighted by molar-refractivity contribution is 5.84. The lowest BCUT2D eigenvalue weighted by atomic mass is 10.1. The Morgan fingerprint density at radius 1 is 1.13 bits per heavy atom. The fraction of sp³-hybridized carbons (Fsp3) is 0.818. The van der Waals surface area contributed by atoms with E-state index in [1.807, 2.05) is 20.8 Å². The summed E-state index contributed by atoms with van der Waals surface area (Å²) in [5, 5.41) is 5.94. The molecule has 0 aromatic carbocycles. The molecule has 4 heteroatoms. The van der Waals surface area contributed by atoms with Crippen molar-refractivity contribution in [2.45, 2.75) is 45.7 Å². The minimum Gasteiger partial charge on any atom is -0.311 e. The minimum absolute atomic E-state index is 0.107. The van der Waals surface area contributed by atoms with Crippen LogP contribution in [0.25, 0.3) is 0 Å². The van der Waals surface area contributed by atoms with Gasteiger partial charge in [-0.3, -0.25) is 9.59 Å². The summed E-state index contributed by atoms with van der Waals surface area (Å²) in [4.78, 5) is 22.6. The molecule has 0 fully saturated rings. The molecule has 4 nitrogen and oxygen atoms in total. The maximum absolute atomic E-state index is 11.4. The van der Waals surface area contributed by atoms with Gasteiger partial charge in [0.2, 0.25) is 0 Å². The van der Waals surface area contributed by atoms with E-state index in [4.69, 9.17) is 0 Å². The molecule has 2 N–H and O–H groups in total. The van der Waals surface area contributed by atoms with E-state index >= 15 is 0 Å². The highest BCUT2D eigenvalue weighted by Crippen LogP contribution is 1.93.